The van der Waals surface area contributed by atoms with Crippen molar-refractivity contribution in [3.8, 4) is 5.75 Å². The van der Waals surface area contributed by atoms with E-state index in [4.69, 9.17) is 15.2 Å². The van der Waals surface area contributed by atoms with Crippen molar-refractivity contribution in [1.82, 2.24) is 5.32 Å². The van der Waals surface area contributed by atoms with Crippen LogP contribution < -0.4 is 15.8 Å². The fourth-order valence-corrected chi connectivity index (χ4v) is 2.24. The molecule has 0 aromatic heterocycles. The summed E-state index contributed by atoms with van der Waals surface area (Å²) in [5.74, 6) is 0.711. The highest BCUT2D eigenvalue weighted by atomic mass is 35.5. The second-order valence-corrected chi connectivity index (χ2v) is 5.22. The van der Waals surface area contributed by atoms with Crippen LogP contribution in [0.1, 0.15) is 36.0 Å². The lowest BCUT2D eigenvalue weighted by atomic mass is 10.2. The highest BCUT2D eigenvalue weighted by molar-refractivity contribution is 5.94. The van der Waals surface area contributed by atoms with Crippen LogP contribution in [0, 0.1) is 0 Å². The van der Waals surface area contributed by atoms with Crippen LogP contribution in [-0.4, -0.2) is 38.3 Å². The summed E-state index contributed by atoms with van der Waals surface area (Å²) in [5.41, 5.74) is 6.06. The van der Waals surface area contributed by atoms with E-state index < -0.39 is 0 Å². The number of ether oxygens (including phenoxy) is 2. The molecule has 124 valence electrons. The molecule has 1 fully saturated rings. The Morgan fingerprint density at radius 1 is 1.32 bits per heavy atom. The van der Waals surface area contributed by atoms with Crippen LogP contribution in [0.3, 0.4) is 0 Å². The maximum atomic E-state index is 11.9. The van der Waals surface area contributed by atoms with Crippen molar-refractivity contribution in [3.63, 3.8) is 0 Å². The zero-order valence-corrected chi connectivity index (χ0v) is 13.6. The van der Waals surface area contributed by atoms with Gasteiger partial charge < -0.3 is 20.5 Å². The van der Waals surface area contributed by atoms with Gasteiger partial charge in [0.2, 0.25) is 0 Å². The summed E-state index contributed by atoms with van der Waals surface area (Å²) in [6, 6.07) is 7.21. The van der Waals surface area contributed by atoms with E-state index in [-0.39, 0.29) is 24.4 Å². The van der Waals surface area contributed by atoms with E-state index in [0.717, 1.165) is 38.0 Å². The molecule has 0 aliphatic carbocycles. The fraction of sp³-hybridized carbons (Fsp3) is 0.562. The van der Waals surface area contributed by atoms with Crippen molar-refractivity contribution in [2.45, 2.75) is 31.8 Å². The fourth-order valence-electron chi connectivity index (χ4n) is 2.24. The summed E-state index contributed by atoms with van der Waals surface area (Å²) >= 11 is 0. The zero-order valence-electron chi connectivity index (χ0n) is 12.8. The number of carbonyl (C=O) groups is 1. The average molecular weight is 329 g/mol. The molecule has 1 aliphatic rings. The van der Waals surface area contributed by atoms with E-state index >= 15 is 0 Å². The van der Waals surface area contributed by atoms with E-state index in [2.05, 4.69) is 5.32 Å². The molecule has 1 aliphatic heterocycles. The number of nitrogens with two attached hydrogens (primary N) is 1. The number of halogens is 1. The molecule has 2 rings (SSSR count). The molecule has 1 heterocycles. The van der Waals surface area contributed by atoms with Gasteiger partial charge in [-0.15, -0.1) is 12.4 Å². The molecule has 6 heteroatoms. The predicted molar refractivity (Wildman–Crippen MR) is 88.8 cm³/mol. The summed E-state index contributed by atoms with van der Waals surface area (Å²) in [6.45, 7) is 2.72. The number of benzene rings is 1. The predicted octanol–water partition coefficient (Wildman–Crippen LogP) is 2.13. The molecule has 22 heavy (non-hydrogen) atoms. The summed E-state index contributed by atoms with van der Waals surface area (Å²) in [4.78, 5) is 11.9. The molecule has 0 saturated carbocycles. The van der Waals surface area contributed by atoms with Crippen LogP contribution in [0.5, 0.6) is 5.75 Å². The summed E-state index contributed by atoms with van der Waals surface area (Å²) in [6.07, 6.45) is 4.21. The van der Waals surface area contributed by atoms with E-state index in [1.54, 1.807) is 12.1 Å². The first-order valence-electron chi connectivity index (χ1n) is 7.62. The third-order valence-electron chi connectivity index (χ3n) is 3.49. The van der Waals surface area contributed by atoms with Crippen LogP contribution in [0.4, 0.5) is 0 Å². The normalized spacial score (nSPS) is 16.9. The molecule has 1 amide bonds. The molecule has 0 spiro atoms. The molecule has 0 bridgehead atoms. The molecule has 1 aromatic carbocycles. The van der Waals surface area contributed by atoms with Gasteiger partial charge in [-0.1, -0.05) is 0 Å². The smallest absolute Gasteiger partial charge is 0.251 e. The van der Waals surface area contributed by atoms with Crippen LogP contribution >= 0.6 is 12.4 Å². The molecule has 3 N–H and O–H groups in total. The van der Waals surface area contributed by atoms with Gasteiger partial charge in [-0.25, -0.2) is 0 Å². The van der Waals surface area contributed by atoms with Gasteiger partial charge in [-0.2, -0.15) is 0 Å². The van der Waals surface area contributed by atoms with Crippen molar-refractivity contribution < 1.29 is 14.3 Å². The largest absolute Gasteiger partial charge is 0.491 e. The molecule has 1 unspecified atom stereocenters. The zero-order chi connectivity index (χ0) is 14.9. The minimum Gasteiger partial charge on any atom is -0.491 e. The number of hydrogen-bond donors (Lipinski definition) is 2. The highest BCUT2D eigenvalue weighted by Gasteiger charge is 2.16. The lowest BCUT2D eigenvalue weighted by Crippen LogP contribution is -2.24. The number of nitrogens with one attached hydrogen (secondary N) is 1. The Morgan fingerprint density at radius 2 is 2.09 bits per heavy atom. The molecule has 0 radical (unpaired) electrons. The van der Waals surface area contributed by atoms with Gasteiger partial charge in [0.15, 0.2) is 0 Å². The van der Waals surface area contributed by atoms with Crippen molar-refractivity contribution >= 4 is 18.3 Å². The Hall–Kier alpha value is -1.30. The first-order chi connectivity index (χ1) is 10.3. The van der Waals surface area contributed by atoms with Crippen molar-refractivity contribution in [3.05, 3.63) is 29.8 Å². The quantitative estimate of drug-likeness (QED) is 0.717. The Bertz CT molecular complexity index is 434. The maximum absolute atomic E-state index is 11.9. The highest BCUT2D eigenvalue weighted by Crippen LogP contribution is 2.16. The number of rotatable bonds is 8. The Labute approximate surface area is 138 Å². The minimum absolute atomic E-state index is 0. The van der Waals surface area contributed by atoms with Gasteiger partial charge in [0.05, 0.1) is 6.10 Å². The van der Waals surface area contributed by atoms with Gasteiger partial charge in [0.25, 0.3) is 5.91 Å². The summed E-state index contributed by atoms with van der Waals surface area (Å²) in [7, 11) is 0. The number of hydrogen-bond acceptors (Lipinski definition) is 4. The topological polar surface area (TPSA) is 73.6 Å². The third-order valence-corrected chi connectivity index (χ3v) is 3.49. The monoisotopic (exact) mass is 328 g/mol. The Balaban J connectivity index is 0.00000242. The lowest BCUT2D eigenvalue weighted by Gasteiger charge is -2.11. The van der Waals surface area contributed by atoms with E-state index in [1.165, 1.54) is 0 Å². The first kappa shape index (κ1) is 18.7. The van der Waals surface area contributed by atoms with Crippen LogP contribution in [0.25, 0.3) is 0 Å². The number of carbonyl (C=O) groups excluding carboxylic acids is 1. The molecule has 1 atom stereocenters. The second kappa shape index (κ2) is 10.4. The Kier molecular flexibility index (Phi) is 8.89. The second-order valence-electron chi connectivity index (χ2n) is 5.22. The molecule has 5 nitrogen and oxygen atoms in total. The lowest BCUT2D eigenvalue weighted by molar-refractivity contribution is 0.0679. The average Bonchev–Trinajstić information content (AvgIpc) is 3.03. The number of unbranched alkanes of at least 4 members (excludes halogenated alkanes) is 1. The van der Waals surface area contributed by atoms with E-state index in [9.17, 15) is 4.79 Å². The summed E-state index contributed by atoms with van der Waals surface area (Å²) < 4.78 is 11.2. The first-order valence-corrected chi connectivity index (χ1v) is 7.62. The van der Waals surface area contributed by atoms with Crippen molar-refractivity contribution in [2.75, 3.05) is 26.3 Å². The third kappa shape index (κ3) is 6.22. The van der Waals surface area contributed by atoms with Crippen molar-refractivity contribution in [2.24, 2.45) is 5.73 Å². The summed E-state index contributed by atoms with van der Waals surface area (Å²) in [5, 5.41) is 2.87. The van der Waals surface area contributed by atoms with Gasteiger partial charge in [-0.05, 0) is 56.5 Å². The standard InChI is InChI=1S/C16H24N2O3.ClH/c17-9-1-2-10-18-16(19)13-5-7-14(8-6-13)21-12-15-4-3-11-20-15;/h5-8,15H,1-4,9-12,17H2,(H,18,19);1H. The van der Waals surface area contributed by atoms with Crippen LogP contribution in [0.2, 0.25) is 0 Å². The van der Waals surface area contributed by atoms with Gasteiger partial charge >= 0.3 is 0 Å². The molecule has 1 aromatic rings. The van der Waals surface area contributed by atoms with E-state index in [1.807, 2.05) is 12.1 Å². The van der Waals surface area contributed by atoms with Gasteiger partial charge in [-0.3, -0.25) is 4.79 Å². The van der Waals surface area contributed by atoms with Gasteiger partial charge in [0.1, 0.15) is 12.4 Å². The van der Waals surface area contributed by atoms with Crippen LogP contribution in [0.15, 0.2) is 24.3 Å². The number of amides is 1. The van der Waals surface area contributed by atoms with Crippen LogP contribution in [-0.2, 0) is 4.74 Å². The molecule has 1 saturated heterocycles. The maximum Gasteiger partial charge on any atom is 0.251 e. The minimum atomic E-state index is -0.0577. The van der Waals surface area contributed by atoms with Gasteiger partial charge in [0, 0.05) is 18.7 Å². The SMILES string of the molecule is Cl.NCCCCNC(=O)c1ccc(OCC2CCCO2)cc1. The van der Waals surface area contributed by atoms with E-state index in [0.29, 0.717) is 25.3 Å². The van der Waals surface area contributed by atoms with Crippen molar-refractivity contribution in [1.29, 1.82) is 0 Å². The molecular weight excluding hydrogens is 304 g/mol. The Morgan fingerprint density at radius 3 is 2.73 bits per heavy atom. The molecular formula is C16H25ClN2O3.